The lowest BCUT2D eigenvalue weighted by atomic mass is 10.2. The van der Waals surface area contributed by atoms with Crippen molar-refractivity contribution >= 4 is 29.3 Å². The normalized spacial score (nSPS) is 17.0. The van der Waals surface area contributed by atoms with Gasteiger partial charge in [-0.15, -0.1) is 0 Å². The average molecular weight is 374 g/mol. The zero-order valence-electron chi connectivity index (χ0n) is 15.3. The van der Waals surface area contributed by atoms with Crippen LogP contribution in [0.25, 0.3) is 0 Å². The number of carbonyl (C=O) groups is 2. The fourth-order valence-corrected chi connectivity index (χ4v) is 3.09. The maximum Gasteiger partial charge on any atom is 0.317 e. The third kappa shape index (κ3) is 5.50. The second kappa shape index (κ2) is 9.11. The quantitative estimate of drug-likeness (QED) is 0.606. The van der Waals surface area contributed by atoms with Crippen LogP contribution in [0.4, 0.5) is 16.2 Å². The van der Waals surface area contributed by atoms with E-state index in [0.717, 1.165) is 49.9 Å². The van der Waals surface area contributed by atoms with Crippen molar-refractivity contribution in [3.05, 3.63) is 24.3 Å². The zero-order chi connectivity index (χ0) is 19.1. The molecule has 146 valence electrons. The van der Waals surface area contributed by atoms with Crippen LogP contribution >= 0.6 is 0 Å². The first kappa shape index (κ1) is 18.8. The Balaban J connectivity index is 1.50. The molecule has 0 spiro atoms. The van der Waals surface area contributed by atoms with Crippen molar-refractivity contribution in [2.24, 2.45) is 4.99 Å². The van der Waals surface area contributed by atoms with E-state index in [1.54, 1.807) is 4.90 Å². The molecule has 1 saturated heterocycles. The molecule has 2 amide bonds. The number of carboxylic acid groups (broad SMARTS) is 1. The number of nitrogens with one attached hydrogen (secondary N) is 3. The van der Waals surface area contributed by atoms with Gasteiger partial charge in [0, 0.05) is 57.2 Å². The molecule has 2 aliphatic heterocycles. The van der Waals surface area contributed by atoms with Gasteiger partial charge in [0.15, 0.2) is 5.96 Å². The predicted molar refractivity (Wildman–Crippen MR) is 104 cm³/mol. The molecule has 1 aromatic carbocycles. The predicted octanol–water partition coefficient (Wildman–Crippen LogP) is 0.754. The van der Waals surface area contributed by atoms with E-state index in [2.05, 4.69) is 38.0 Å². The fraction of sp³-hybridized carbons (Fsp3) is 0.500. The van der Waals surface area contributed by atoms with Crippen molar-refractivity contribution in [2.75, 3.05) is 56.0 Å². The van der Waals surface area contributed by atoms with E-state index in [-0.39, 0.29) is 19.0 Å². The lowest BCUT2D eigenvalue weighted by molar-refractivity contribution is -0.136. The Morgan fingerprint density at radius 2 is 2.04 bits per heavy atom. The first-order valence-electron chi connectivity index (χ1n) is 9.27. The van der Waals surface area contributed by atoms with Gasteiger partial charge in [0.2, 0.25) is 0 Å². The molecule has 9 heteroatoms. The Hall–Kier alpha value is -2.97. The molecule has 0 bridgehead atoms. The second-order valence-corrected chi connectivity index (χ2v) is 6.54. The maximum atomic E-state index is 12.1. The Morgan fingerprint density at radius 1 is 1.22 bits per heavy atom. The lowest BCUT2D eigenvalue weighted by Crippen LogP contribution is -2.52. The highest BCUT2D eigenvalue weighted by Gasteiger charge is 2.21. The third-order valence-corrected chi connectivity index (χ3v) is 4.55. The number of benzene rings is 1. The molecule has 0 unspecified atom stereocenters. The van der Waals surface area contributed by atoms with Crippen molar-refractivity contribution in [1.82, 2.24) is 15.5 Å². The lowest BCUT2D eigenvalue weighted by Gasteiger charge is -2.36. The number of carbonyl (C=O) groups excluding carboxylic acids is 1. The second-order valence-electron chi connectivity index (χ2n) is 6.54. The summed E-state index contributed by atoms with van der Waals surface area (Å²) in [6.45, 7) is 4.59. The number of guanidine groups is 1. The van der Waals surface area contributed by atoms with Crippen LogP contribution in [0.2, 0.25) is 0 Å². The SMILES string of the molecule is O=C(O)CCNC(=O)N1CCN(c2cccc(NC3=NCCCN3)c2)CC1. The zero-order valence-corrected chi connectivity index (χ0v) is 15.3. The summed E-state index contributed by atoms with van der Waals surface area (Å²) < 4.78 is 0. The average Bonchev–Trinajstić information content (AvgIpc) is 2.69. The molecule has 0 radical (unpaired) electrons. The molecule has 1 aromatic rings. The van der Waals surface area contributed by atoms with Crippen LogP contribution in [0.5, 0.6) is 0 Å². The molecule has 0 atom stereocenters. The van der Waals surface area contributed by atoms with Gasteiger partial charge in [-0.1, -0.05) is 6.07 Å². The number of aliphatic imine (C=N–C) groups is 1. The number of amides is 2. The van der Waals surface area contributed by atoms with Gasteiger partial charge in [0.05, 0.1) is 6.42 Å². The van der Waals surface area contributed by atoms with E-state index in [9.17, 15) is 9.59 Å². The molecule has 4 N–H and O–H groups in total. The number of rotatable bonds is 5. The molecule has 1 fully saturated rings. The van der Waals surface area contributed by atoms with Gasteiger partial charge >= 0.3 is 12.0 Å². The van der Waals surface area contributed by atoms with Crippen molar-refractivity contribution < 1.29 is 14.7 Å². The summed E-state index contributed by atoms with van der Waals surface area (Å²) in [7, 11) is 0. The van der Waals surface area contributed by atoms with Gasteiger partial charge in [-0.05, 0) is 24.6 Å². The summed E-state index contributed by atoms with van der Waals surface area (Å²) in [5.41, 5.74) is 2.08. The Kier molecular flexibility index (Phi) is 6.35. The monoisotopic (exact) mass is 374 g/mol. The van der Waals surface area contributed by atoms with Crippen LogP contribution in [0.15, 0.2) is 29.3 Å². The largest absolute Gasteiger partial charge is 0.481 e. The first-order chi connectivity index (χ1) is 13.1. The van der Waals surface area contributed by atoms with Gasteiger partial charge in [0.25, 0.3) is 0 Å². The van der Waals surface area contributed by atoms with Gasteiger partial charge in [-0.25, -0.2) is 4.79 Å². The van der Waals surface area contributed by atoms with Crippen molar-refractivity contribution in [1.29, 1.82) is 0 Å². The van der Waals surface area contributed by atoms with Crippen molar-refractivity contribution in [3.63, 3.8) is 0 Å². The summed E-state index contributed by atoms with van der Waals surface area (Å²) in [6, 6.07) is 7.96. The van der Waals surface area contributed by atoms with Crippen LogP contribution in [0.1, 0.15) is 12.8 Å². The molecule has 0 aliphatic carbocycles. The molecular weight excluding hydrogens is 348 g/mol. The summed E-state index contributed by atoms with van der Waals surface area (Å²) >= 11 is 0. The third-order valence-electron chi connectivity index (χ3n) is 4.55. The summed E-state index contributed by atoms with van der Waals surface area (Å²) in [6.07, 6.45) is 0.991. The molecule has 27 heavy (non-hydrogen) atoms. The molecular formula is C18H26N6O3. The number of hydrogen-bond donors (Lipinski definition) is 4. The van der Waals surface area contributed by atoms with Gasteiger partial charge < -0.3 is 30.9 Å². The van der Waals surface area contributed by atoms with E-state index in [0.29, 0.717) is 13.1 Å². The van der Waals surface area contributed by atoms with Crippen molar-refractivity contribution in [2.45, 2.75) is 12.8 Å². The van der Waals surface area contributed by atoms with Crippen LogP contribution in [-0.2, 0) is 4.79 Å². The van der Waals surface area contributed by atoms with E-state index in [4.69, 9.17) is 5.11 Å². The van der Waals surface area contributed by atoms with E-state index in [1.807, 2.05) is 12.1 Å². The minimum Gasteiger partial charge on any atom is -0.481 e. The molecule has 3 rings (SSSR count). The van der Waals surface area contributed by atoms with Gasteiger partial charge in [-0.3, -0.25) is 9.79 Å². The first-order valence-corrected chi connectivity index (χ1v) is 9.27. The molecule has 0 aromatic heterocycles. The van der Waals surface area contributed by atoms with Crippen LogP contribution in [0, 0.1) is 0 Å². The number of piperazine rings is 1. The minimum absolute atomic E-state index is 0.0638. The summed E-state index contributed by atoms with van der Waals surface area (Å²) in [5.74, 6) is -0.107. The maximum absolute atomic E-state index is 12.1. The van der Waals surface area contributed by atoms with E-state index < -0.39 is 5.97 Å². The molecule has 9 nitrogen and oxygen atoms in total. The Bertz CT molecular complexity index is 700. The van der Waals surface area contributed by atoms with Crippen LogP contribution in [0.3, 0.4) is 0 Å². The number of hydrogen-bond acceptors (Lipinski definition) is 6. The molecule has 2 aliphatic rings. The van der Waals surface area contributed by atoms with Crippen LogP contribution in [-0.4, -0.2) is 73.8 Å². The molecule has 0 saturated carbocycles. The number of urea groups is 1. The fourth-order valence-electron chi connectivity index (χ4n) is 3.09. The molecule has 2 heterocycles. The number of aliphatic carboxylic acids is 1. The highest BCUT2D eigenvalue weighted by Crippen LogP contribution is 2.21. The standard InChI is InChI=1S/C18H26N6O3/c25-16(26)5-8-21-18(27)24-11-9-23(10-12-24)15-4-1-3-14(13-15)22-17-19-6-2-7-20-17/h1,3-4,13H,2,5-12H2,(H,21,27)(H,25,26)(H2,19,20,22). The Labute approximate surface area is 158 Å². The number of anilines is 2. The minimum atomic E-state index is -0.914. The highest BCUT2D eigenvalue weighted by atomic mass is 16.4. The summed E-state index contributed by atoms with van der Waals surface area (Å²) in [4.78, 5) is 31.0. The number of nitrogens with zero attached hydrogens (tertiary/aromatic N) is 3. The van der Waals surface area contributed by atoms with E-state index >= 15 is 0 Å². The van der Waals surface area contributed by atoms with E-state index in [1.165, 1.54) is 0 Å². The Morgan fingerprint density at radius 3 is 2.74 bits per heavy atom. The van der Waals surface area contributed by atoms with Crippen LogP contribution < -0.4 is 20.9 Å². The highest BCUT2D eigenvalue weighted by molar-refractivity contribution is 5.94. The van der Waals surface area contributed by atoms with Gasteiger partial charge in [-0.2, -0.15) is 0 Å². The summed E-state index contributed by atoms with van der Waals surface area (Å²) in [5, 5.41) is 17.8. The smallest absolute Gasteiger partial charge is 0.317 e. The van der Waals surface area contributed by atoms with Gasteiger partial charge in [0.1, 0.15) is 0 Å². The van der Waals surface area contributed by atoms with Crippen molar-refractivity contribution in [3.8, 4) is 0 Å². The number of carboxylic acids is 1. The topological polar surface area (TPSA) is 109 Å².